The number of rotatable bonds is 5. The molecule has 0 spiro atoms. The topological polar surface area (TPSA) is 84.9 Å². The third kappa shape index (κ3) is 3.99. The van der Waals surface area contributed by atoms with Crippen molar-refractivity contribution >= 4 is 17.6 Å². The molecule has 0 aromatic heterocycles. The van der Waals surface area contributed by atoms with Crippen molar-refractivity contribution in [3.8, 4) is 11.5 Å². The van der Waals surface area contributed by atoms with E-state index in [2.05, 4.69) is 5.32 Å². The second-order valence-corrected chi connectivity index (χ2v) is 4.37. The average molecular weight is 301 g/mol. The number of para-hydroxylation sites is 1. The van der Waals surface area contributed by atoms with E-state index in [1.165, 1.54) is 19.2 Å². The quantitative estimate of drug-likeness (QED) is 0.827. The lowest BCUT2D eigenvalue weighted by Gasteiger charge is -2.08. The molecular weight excluding hydrogens is 286 g/mol. The first-order valence-corrected chi connectivity index (χ1v) is 6.49. The van der Waals surface area contributed by atoms with Gasteiger partial charge in [0.25, 0.3) is 5.91 Å². The summed E-state index contributed by atoms with van der Waals surface area (Å²) in [6.45, 7) is -0.454. The second-order valence-electron chi connectivity index (χ2n) is 4.37. The van der Waals surface area contributed by atoms with Gasteiger partial charge in [0.2, 0.25) is 0 Å². The van der Waals surface area contributed by atoms with E-state index in [1.54, 1.807) is 36.4 Å². The van der Waals surface area contributed by atoms with Crippen molar-refractivity contribution < 1.29 is 24.2 Å². The molecule has 0 unspecified atom stereocenters. The molecule has 2 N–H and O–H groups in total. The van der Waals surface area contributed by atoms with Gasteiger partial charge in [-0.3, -0.25) is 4.79 Å². The standard InChI is InChI=1S/C16H15NO5/c1-21-12-6-4-5-11(9-12)17-15(19)10-22-16(20)13-7-2-3-8-14(13)18/h2-9,18H,10H2,1H3,(H,17,19). The maximum absolute atomic E-state index is 11.7. The summed E-state index contributed by atoms with van der Waals surface area (Å²) in [6, 6.07) is 12.8. The van der Waals surface area contributed by atoms with E-state index in [-0.39, 0.29) is 11.3 Å². The molecule has 0 aliphatic rings. The van der Waals surface area contributed by atoms with Crippen molar-refractivity contribution in [1.82, 2.24) is 0 Å². The minimum Gasteiger partial charge on any atom is -0.507 e. The Labute approximate surface area is 127 Å². The van der Waals surface area contributed by atoms with Crippen LogP contribution in [0.1, 0.15) is 10.4 Å². The average Bonchev–Trinajstić information content (AvgIpc) is 2.53. The minimum atomic E-state index is -0.765. The van der Waals surface area contributed by atoms with Crippen LogP contribution in [0.25, 0.3) is 0 Å². The monoisotopic (exact) mass is 301 g/mol. The van der Waals surface area contributed by atoms with Crippen molar-refractivity contribution in [2.75, 3.05) is 19.0 Å². The lowest BCUT2D eigenvalue weighted by Crippen LogP contribution is -2.21. The predicted octanol–water partition coefficient (Wildman–Crippen LogP) is 2.20. The molecule has 2 rings (SSSR count). The number of aromatic hydroxyl groups is 1. The van der Waals surface area contributed by atoms with Crippen LogP contribution >= 0.6 is 0 Å². The number of methoxy groups -OCH3 is 1. The van der Waals surface area contributed by atoms with Gasteiger partial charge in [0.1, 0.15) is 17.1 Å². The Balaban J connectivity index is 1.90. The third-order valence-corrected chi connectivity index (χ3v) is 2.81. The van der Waals surface area contributed by atoms with Crippen LogP contribution in [0, 0.1) is 0 Å². The van der Waals surface area contributed by atoms with E-state index in [4.69, 9.17) is 9.47 Å². The van der Waals surface area contributed by atoms with Gasteiger partial charge in [-0.15, -0.1) is 0 Å². The summed E-state index contributed by atoms with van der Waals surface area (Å²) in [5.41, 5.74) is 0.541. The molecule has 22 heavy (non-hydrogen) atoms. The summed E-state index contributed by atoms with van der Waals surface area (Å²) in [7, 11) is 1.52. The number of carbonyl (C=O) groups is 2. The van der Waals surface area contributed by atoms with Crippen LogP contribution in [0.3, 0.4) is 0 Å². The number of esters is 1. The lowest BCUT2D eigenvalue weighted by atomic mass is 10.2. The van der Waals surface area contributed by atoms with Crippen molar-refractivity contribution in [2.24, 2.45) is 0 Å². The summed E-state index contributed by atoms with van der Waals surface area (Å²) in [4.78, 5) is 23.5. The molecule has 2 aromatic rings. The van der Waals surface area contributed by atoms with Crippen molar-refractivity contribution in [3.63, 3.8) is 0 Å². The van der Waals surface area contributed by atoms with Gasteiger partial charge in [-0.25, -0.2) is 4.79 Å². The predicted molar refractivity (Wildman–Crippen MR) is 80.0 cm³/mol. The van der Waals surface area contributed by atoms with Crippen LogP contribution in [0.5, 0.6) is 11.5 Å². The second kappa shape index (κ2) is 7.12. The molecule has 0 radical (unpaired) electrons. The van der Waals surface area contributed by atoms with Gasteiger partial charge in [-0.2, -0.15) is 0 Å². The van der Waals surface area contributed by atoms with Crippen LogP contribution < -0.4 is 10.1 Å². The number of phenols is 1. The zero-order valence-corrected chi connectivity index (χ0v) is 11.9. The SMILES string of the molecule is COc1cccc(NC(=O)COC(=O)c2ccccc2O)c1. The van der Waals surface area contributed by atoms with Crippen LogP contribution in [0.2, 0.25) is 0 Å². The van der Waals surface area contributed by atoms with Crippen LogP contribution in [-0.2, 0) is 9.53 Å². The Bertz CT molecular complexity index is 684. The number of hydrogen-bond donors (Lipinski definition) is 2. The number of amides is 1. The van der Waals surface area contributed by atoms with E-state index in [1.807, 2.05) is 0 Å². The fourth-order valence-corrected chi connectivity index (χ4v) is 1.75. The first kappa shape index (κ1) is 15.4. The fourth-order valence-electron chi connectivity index (χ4n) is 1.75. The highest BCUT2D eigenvalue weighted by Gasteiger charge is 2.13. The number of phenolic OH excluding ortho intramolecular Hbond substituents is 1. The molecule has 6 nitrogen and oxygen atoms in total. The van der Waals surface area contributed by atoms with E-state index in [0.717, 1.165) is 0 Å². The van der Waals surface area contributed by atoms with E-state index < -0.39 is 18.5 Å². The molecule has 0 saturated carbocycles. The molecule has 114 valence electrons. The van der Waals surface area contributed by atoms with Gasteiger partial charge in [0.05, 0.1) is 7.11 Å². The minimum absolute atomic E-state index is 0.0108. The zero-order chi connectivity index (χ0) is 15.9. The van der Waals surface area contributed by atoms with Crippen LogP contribution in [0.4, 0.5) is 5.69 Å². The summed E-state index contributed by atoms with van der Waals surface area (Å²) in [5, 5.41) is 12.1. The van der Waals surface area contributed by atoms with Crippen molar-refractivity contribution in [1.29, 1.82) is 0 Å². The fraction of sp³-hybridized carbons (Fsp3) is 0.125. The highest BCUT2D eigenvalue weighted by molar-refractivity contribution is 5.96. The lowest BCUT2D eigenvalue weighted by molar-refractivity contribution is -0.119. The summed E-state index contributed by atoms with van der Waals surface area (Å²) in [6.07, 6.45) is 0. The third-order valence-electron chi connectivity index (χ3n) is 2.81. The van der Waals surface area contributed by atoms with Gasteiger partial charge < -0.3 is 19.9 Å². The molecule has 0 saturated heterocycles. The van der Waals surface area contributed by atoms with Crippen molar-refractivity contribution in [2.45, 2.75) is 0 Å². The van der Waals surface area contributed by atoms with E-state index in [9.17, 15) is 14.7 Å². The molecule has 6 heteroatoms. The first-order chi connectivity index (χ1) is 10.6. The van der Waals surface area contributed by atoms with E-state index >= 15 is 0 Å². The maximum atomic E-state index is 11.7. The normalized spacial score (nSPS) is 9.86. The molecule has 2 aromatic carbocycles. The van der Waals surface area contributed by atoms with Gasteiger partial charge >= 0.3 is 5.97 Å². The number of nitrogens with one attached hydrogen (secondary N) is 1. The van der Waals surface area contributed by atoms with Gasteiger partial charge in [0, 0.05) is 11.8 Å². The highest BCUT2D eigenvalue weighted by Crippen LogP contribution is 2.18. The van der Waals surface area contributed by atoms with Gasteiger partial charge in [0.15, 0.2) is 6.61 Å². The number of carbonyl (C=O) groups excluding carboxylic acids is 2. The number of ether oxygens (including phenoxy) is 2. The number of hydrogen-bond acceptors (Lipinski definition) is 5. The number of anilines is 1. The summed E-state index contributed by atoms with van der Waals surface area (Å²) < 4.78 is 9.90. The molecule has 0 fully saturated rings. The zero-order valence-electron chi connectivity index (χ0n) is 11.9. The Kier molecular flexibility index (Phi) is 4.98. The van der Waals surface area contributed by atoms with Gasteiger partial charge in [-0.1, -0.05) is 18.2 Å². The smallest absolute Gasteiger partial charge is 0.342 e. The molecule has 1 amide bonds. The Morgan fingerprint density at radius 2 is 1.91 bits per heavy atom. The first-order valence-electron chi connectivity index (χ1n) is 6.49. The highest BCUT2D eigenvalue weighted by atomic mass is 16.5. The Morgan fingerprint density at radius 3 is 2.64 bits per heavy atom. The van der Waals surface area contributed by atoms with Crippen LogP contribution in [-0.4, -0.2) is 30.7 Å². The van der Waals surface area contributed by atoms with Crippen molar-refractivity contribution in [3.05, 3.63) is 54.1 Å². The Hall–Kier alpha value is -3.02. The van der Waals surface area contributed by atoms with E-state index in [0.29, 0.717) is 11.4 Å². The van der Waals surface area contributed by atoms with Crippen LogP contribution in [0.15, 0.2) is 48.5 Å². The number of benzene rings is 2. The molecule has 0 atom stereocenters. The molecular formula is C16H15NO5. The molecule has 0 aliphatic heterocycles. The Morgan fingerprint density at radius 1 is 1.14 bits per heavy atom. The largest absolute Gasteiger partial charge is 0.507 e. The maximum Gasteiger partial charge on any atom is 0.342 e. The summed E-state index contributed by atoms with van der Waals surface area (Å²) in [5.74, 6) is -0.847. The summed E-state index contributed by atoms with van der Waals surface area (Å²) >= 11 is 0. The molecule has 0 aliphatic carbocycles. The van der Waals surface area contributed by atoms with Gasteiger partial charge in [-0.05, 0) is 24.3 Å². The molecule has 0 heterocycles. The molecule has 0 bridgehead atoms.